The molecule has 0 unspecified atom stereocenters. The Morgan fingerprint density at radius 1 is 1.30 bits per heavy atom. The second kappa shape index (κ2) is 8.49. The fourth-order valence-corrected chi connectivity index (χ4v) is 4.07. The molecule has 0 aliphatic carbocycles. The van der Waals surface area contributed by atoms with E-state index in [2.05, 4.69) is 22.0 Å². The van der Waals surface area contributed by atoms with Gasteiger partial charge in [0.05, 0.1) is 36.1 Å². The Labute approximate surface area is 174 Å². The average molecular weight is 411 g/mol. The molecule has 4 rings (SSSR count). The smallest absolute Gasteiger partial charge is 0.254 e. The highest BCUT2D eigenvalue weighted by Gasteiger charge is 2.27. The number of likely N-dealkylation sites (N-methyl/N-ethyl adjacent to an activating group) is 1. The van der Waals surface area contributed by atoms with Crippen LogP contribution in [0.25, 0.3) is 22.2 Å². The molecule has 1 saturated heterocycles. The molecule has 1 fully saturated rings. The zero-order chi connectivity index (χ0) is 21.3. The largest absolute Gasteiger partial charge is 0.394 e. The first-order valence-electron chi connectivity index (χ1n) is 10.2. The lowest BCUT2D eigenvalue weighted by molar-refractivity contribution is 0.0698. The molecule has 3 heterocycles. The van der Waals surface area contributed by atoms with Crippen molar-refractivity contribution in [3.05, 3.63) is 48.0 Å². The molecule has 1 amide bonds. The van der Waals surface area contributed by atoms with Crippen LogP contribution in [0.1, 0.15) is 23.7 Å². The SMILES string of the molecule is C[C@H]1CN(C)CCCN1C(=O)c1cc(-c2cnn(CCO)c2)nc2ccc(F)cc12. The minimum atomic E-state index is -0.398. The third-order valence-corrected chi connectivity index (χ3v) is 5.57. The van der Waals surface area contributed by atoms with Crippen LogP contribution in [-0.4, -0.2) is 74.9 Å². The predicted molar refractivity (Wildman–Crippen MR) is 113 cm³/mol. The van der Waals surface area contributed by atoms with Crippen molar-refractivity contribution in [2.24, 2.45) is 0 Å². The van der Waals surface area contributed by atoms with Crippen molar-refractivity contribution in [2.45, 2.75) is 25.9 Å². The monoisotopic (exact) mass is 411 g/mol. The molecule has 1 atom stereocenters. The molecular weight excluding hydrogens is 385 g/mol. The number of amides is 1. The Hall–Kier alpha value is -2.84. The van der Waals surface area contributed by atoms with Gasteiger partial charge in [0.15, 0.2) is 0 Å². The van der Waals surface area contributed by atoms with E-state index in [4.69, 9.17) is 5.11 Å². The van der Waals surface area contributed by atoms with Gasteiger partial charge in [-0.05, 0) is 51.2 Å². The van der Waals surface area contributed by atoms with E-state index >= 15 is 0 Å². The van der Waals surface area contributed by atoms with Gasteiger partial charge in [-0.25, -0.2) is 9.37 Å². The number of aliphatic hydroxyl groups excluding tert-OH is 1. The van der Waals surface area contributed by atoms with Gasteiger partial charge in [0.25, 0.3) is 5.91 Å². The Morgan fingerprint density at radius 2 is 2.13 bits per heavy atom. The van der Waals surface area contributed by atoms with Gasteiger partial charge in [-0.2, -0.15) is 5.10 Å². The number of nitrogens with zero attached hydrogens (tertiary/aromatic N) is 5. The molecule has 0 bridgehead atoms. The molecular formula is C22H26FN5O2. The van der Waals surface area contributed by atoms with Crippen molar-refractivity contribution in [2.75, 3.05) is 33.3 Å². The third-order valence-electron chi connectivity index (χ3n) is 5.57. The minimum Gasteiger partial charge on any atom is -0.394 e. The maximum absolute atomic E-state index is 14.0. The Balaban J connectivity index is 1.80. The number of benzene rings is 1. The molecule has 1 N–H and O–H groups in total. The van der Waals surface area contributed by atoms with E-state index < -0.39 is 5.82 Å². The molecule has 1 aliphatic heterocycles. The summed E-state index contributed by atoms with van der Waals surface area (Å²) in [4.78, 5) is 22.3. The molecule has 0 saturated carbocycles. The van der Waals surface area contributed by atoms with E-state index in [-0.39, 0.29) is 18.6 Å². The number of hydrogen-bond donors (Lipinski definition) is 1. The fourth-order valence-electron chi connectivity index (χ4n) is 4.07. The van der Waals surface area contributed by atoms with Crippen molar-refractivity contribution in [1.82, 2.24) is 24.6 Å². The highest BCUT2D eigenvalue weighted by Crippen LogP contribution is 2.27. The molecule has 8 heteroatoms. The van der Waals surface area contributed by atoms with Gasteiger partial charge in [0.2, 0.25) is 0 Å². The van der Waals surface area contributed by atoms with E-state index in [0.717, 1.165) is 25.1 Å². The van der Waals surface area contributed by atoms with Crippen molar-refractivity contribution >= 4 is 16.8 Å². The number of rotatable bonds is 4. The van der Waals surface area contributed by atoms with Crippen LogP contribution in [0.4, 0.5) is 4.39 Å². The quantitative estimate of drug-likeness (QED) is 0.714. The summed E-state index contributed by atoms with van der Waals surface area (Å²) in [6.07, 6.45) is 4.33. The number of fused-ring (bicyclic) bond motifs is 1. The van der Waals surface area contributed by atoms with E-state index in [1.165, 1.54) is 12.1 Å². The van der Waals surface area contributed by atoms with Crippen molar-refractivity contribution in [1.29, 1.82) is 0 Å². The van der Waals surface area contributed by atoms with Gasteiger partial charge >= 0.3 is 0 Å². The number of halogens is 1. The van der Waals surface area contributed by atoms with E-state index in [0.29, 0.717) is 35.2 Å². The second-order valence-electron chi connectivity index (χ2n) is 7.90. The van der Waals surface area contributed by atoms with Gasteiger partial charge in [0.1, 0.15) is 5.82 Å². The molecule has 2 aromatic heterocycles. The van der Waals surface area contributed by atoms with Crippen LogP contribution < -0.4 is 0 Å². The van der Waals surface area contributed by atoms with Crippen LogP contribution in [0.5, 0.6) is 0 Å². The first-order valence-corrected chi connectivity index (χ1v) is 10.2. The van der Waals surface area contributed by atoms with Crippen LogP contribution in [0.15, 0.2) is 36.7 Å². The minimum absolute atomic E-state index is 0.0173. The second-order valence-corrected chi connectivity index (χ2v) is 7.90. The summed E-state index contributed by atoms with van der Waals surface area (Å²) in [5.74, 6) is -0.509. The number of aliphatic hydroxyl groups is 1. The molecule has 30 heavy (non-hydrogen) atoms. The lowest BCUT2D eigenvalue weighted by Gasteiger charge is -2.28. The van der Waals surface area contributed by atoms with Gasteiger partial charge in [-0.15, -0.1) is 0 Å². The van der Waals surface area contributed by atoms with Crippen LogP contribution in [0, 0.1) is 5.82 Å². The Morgan fingerprint density at radius 3 is 2.93 bits per heavy atom. The summed E-state index contributed by atoms with van der Waals surface area (Å²) < 4.78 is 15.7. The normalized spacial score (nSPS) is 18.0. The number of aromatic nitrogens is 3. The van der Waals surface area contributed by atoms with Crippen molar-refractivity contribution < 1.29 is 14.3 Å². The highest BCUT2D eigenvalue weighted by atomic mass is 19.1. The topological polar surface area (TPSA) is 74.5 Å². The molecule has 0 radical (unpaired) electrons. The highest BCUT2D eigenvalue weighted by molar-refractivity contribution is 6.07. The van der Waals surface area contributed by atoms with Crippen molar-refractivity contribution in [3.8, 4) is 11.3 Å². The fraction of sp³-hybridized carbons (Fsp3) is 0.409. The lowest BCUT2D eigenvalue weighted by Crippen LogP contribution is -2.42. The number of carbonyl (C=O) groups excluding carboxylic acids is 1. The summed E-state index contributed by atoms with van der Waals surface area (Å²) in [6.45, 7) is 4.80. The molecule has 0 spiro atoms. The van der Waals surface area contributed by atoms with Gasteiger partial charge in [-0.1, -0.05) is 0 Å². The zero-order valence-electron chi connectivity index (χ0n) is 17.3. The Kier molecular flexibility index (Phi) is 5.78. The molecule has 1 aromatic carbocycles. The van der Waals surface area contributed by atoms with Gasteiger partial charge < -0.3 is 14.9 Å². The summed E-state index contributed by atoms with van der Waals surface area (Å²) in [5, 5.41) is 13.9. The van der Waals surface area contributed by atoms with Crippen LogP contribution in [0.2, 0.25) is 0 Å². The Bertz CT molecular complexity index is 1070. The summed E-state index contributed by atoms with van der Waals surface area (Å²) >= 11 is 0. The standard InChI is InChI=1S/C22H26FN5O2/c1-15-13-26(2)6-3-7-28(15)22(30)19-11-21(16-12-24-27(14-16)8-9-29)25-20-5-4-17(23)10-18(19)20/h4-5,10-12,14-15,29H,3,6-9,13H2,1-2H3/t15-/m0/s1. The first kappa shape index (κ1) is 20.4. The maximum Gasteiger partial charge on any atom is 0.254 e. The zero-order valence-corrected chi connectivity index (χ0v) is 17.3. The third kappa shape index (κ3) is 4.06. The van der Waals surface area contributed by atoms with Crippen LogP contribution in [0.3, 0.4) is 0 Å². The molecule has 7 nitrogen and oxygen atoms in total. The van der Waals surface area contributed by atoms with Crippen LogP contribution in [-0.2, 0) is 6.54 Å². The lowest BCUT2D eigenvalue weighted by atomic mass is 10.0. The molecule has 3 aromatic rings. The van der Waals surface area contributed by atoms with Crippen LogP contribution >= 0.6 is 0 Å². The van der Waals surface area contributed by atoms with Crippen molar-refractivity contribution in [3.63, 3.8) is 0 Å². The number of pyridine rings is 1. The van der Waals surface area contributed by atoms with E-state index in [9.17, 15) is 9.18 Å². The number of hydrogen-bond acceptors (Lipinski definition) is 5. The number of carbonyl (C=O) groups is 1. The van der Waals surface area contributed by atoms with Gasteiger partial charge in [0, 0.05) is 36.3 Å². The van der Waals surface area contributed by atoms with E-state index in [1.807, 2.05) is 11.8 Å². The van der Waals surface area contributed by atoms with Gasteiger partial charge in [-0.3, -0.25) is 9.48 Å². The summed E-state index contributed by atoms with van der Waals surface area (Å²) in [6, 6.07) is 6.11. The van der Waals surface area contributed by atoms with E-state index in [1.54, 1.807) is 29.2 Å². The first-order chi connectivity index (χ1) is 14.5. The average Bonchev–Trinajstić information content (AvgIpc) is 3.11. The molecule has 158 valence electrons. The predicted octanol–water partition coefficient (Wildman–Crippen LogP) is 2.40. The molecule has 1 aliphatic rings. The summed E-state index contributed by atoms with van der Waals surface area (Å²) in [5.41, 5.74) is 2.35. The summed E-state index contributed by atoms with van der Waals surface area (Å²) in [7, 11) is 2.06. The maximum atomic E-state index is 14.0.